The van der Waals surface area contributed by atoms with Gasteiger partial charge < -0.3 is 19.4 Å². The van der Waals surface area contributed by atoms with Crippen molar-refractivity contribution in [2.75, 3.05) is 40.9 Å². The lowest BCUT2D eigenvalue weighted by molar-refractivity contribution is -0.870. The van der Waals surface area contributed by atoms with Crippen molar-refractivity contribution >= 4 is 19.7 Å². The molecule has 0 aliphatic carbocycles. The summed E-state index contributed by atoms with van der Waals surface area (Å²) in [4.78, 5) is 37.6. The van der Waals surface area contributed by atoms with Crippen LogP contribution in [0.4, 0.5) is 0 Å². The number of phosphoric acid groups is 1. The lowest BCUT2D eigenvalue weighted by Crippen LogP contribution is -2.47. The van der Waals surface area contributed by atoms with Crippen LogP contribution in [0, 0.1) is 0 Å². The van der Waals surface area contributed by atoms with Crippen LogP contribution >= 0.6 is 7.82 Å². The molecule has 0 radical (unpaired) electrons. The second-order valence-corrected chi connectivity index (χ2v) is 24.0. The lowest BCUT2D eigenvalue weighted by atomic mass is 10.0. The second-order valence-electron chi connectivity index (χ2n) is 22.6. The van der Waals surface area contributed by atoms with E-state index < -0.39 is 20.0 Å². The maximum absolute atomic E-state index is 13.5. The summed E-state index contributed by atoms with van der Waals surface area (Å²) < 4.78 is 30.6. The smallest absolute Gasteiger partial charge is 0.456 e. The fourth-order valence-electron chi connectivity index (χ4n) is 9.10. The molecule has 0 aliphatic heterocycles. The minimum Gasteiger partial charge on any atom is -0.456 e. The monoisotopic (exact) mass is 1060 g/mol. The molecule has 0 aromatic rings. The van der Waals surface area contributed by atoms with Gasteiger partial charge in [0.25, 0.3) is 0 Å². The Morgan fingerprint density at radius 1 is 0.473 bits per heavy atom. The number of hydrogen-bond donors (Lipinski definition) is 2. The molecule has 434 valence electrons. The maximum atomic E-state index is 13.5. The van der Waals surface area contributed by atoms with E-state index in [0.29, 0.717) is 17.4 Å². The van der Waals surface area contributed by atoms with Crippen molar-refractivity contribution in [1.82, 2.24) is 5.32 Å². The summed E-state index contributed by atoms with van der Waals surface area (Å²) in [6.45, 7) is 6.98. The summed E-state index contributed by atoms with van der Waals surface area (Å²) in [5, 5.41) is 3.01. The summed E-state index contributed by atoms with van der Waals surface area (Å²) in [5.74, 6) is -0.575. The molecular weight excluding hydrogens is 940 g/mol. The molecule has 0 bridgehead atoms. The van der Waals surface area contributed by atoms with Crippen LogP contribution < -0.4 is 5.32 Å². The highest BCUT2D eigenvalue weighted by atomic mass is 31.2. The zero-order chi connectivity index (χ0) is 54.3. The van der Waals surface area contributed by atoms with Gasteiger partial charge in [-0.2, -0.15) is 0 Å². The first-order chi connectivity index (χ1) is 35.9. The van der Waals surface area contributed by atoms with Crippen LogP contribution in [0.5, 0.6) is 0 Å². The Hall–Kier alpha value is -2.03. The van der Waals surface area contributed by atoms with E-state index in [-0.39, 0.29) is 37.9 Å². The molecule has 0 fully saturated rings. The van der Waals surface area contributed by atoms with Crippen LogP contribution in [0.25, 0.3) is 0 Å². The normalized spacial score (nSPS) is 14.0. The van der Waals surface area contributed by atoms with Gasteiger partial charge in [0.05, 0.1) is 33.8 Å². The molecule has 74 heavy (non-hydrogen) atoms. The predicted molar refractivity (Wildman–Crippen MR) is 319 cm³/mol. The highest BCUT2D eigenvalue weighted by molar-refractivity contribution is 7.47. The molecule has 0 saturated carbocycles. The minimum absolute atomic E-state index is 0.0318. The number of carbonyl (C=O) groups excluding carboxylic acids is 2. The molecule has 1 amide bonds. The zero-order valence-corrected chi connectivity index (χ0v) is 50.5. The number of esters is 1. The molecule has 0 aromatic carbocycles. The van der Waals surface area contributed by atoms with E-state index in [1.165, 1.54) is 205 Å². The predicted octanol–water partition coefficient (Wildman–Crippen LogP) is 19.3. The number of quaternary nitrogens is 1. The molecule has 9 nitrogen and oxygen atoms in total. The average molecular weight is 1060 g/mol. The Labute approximate surface area is 458 Å². The van der Waals surface area contributed by atoms with E-state index in [1.807, 2.05) is 39.4 Å². The van der Waals surface area contributed by atoms with Gasteiger partial charge in [0.1, 0.15) is 19.3 Å². The third-order valence-corrected chi connectivity index (χ3v) is 15.0. The van der Waals surface area contributed by atoms with Gasteiger partial charge in [-0.1, -0.05) is 256 Å². The molecule has 0 aliphatic rings. The molecular formula is C64H122N2O7P+. The lowest BCUT2D eigenvalue weighted by Gasteiger charge is -2.27. The van der Waals surface area contributed by atoms with Crippen molar-refractivity contribution in [2.45, 2.75) is 309 Å². The number of ether oxygens (including phenoxy) is 1. The first kappa shape index (κ1) is 72.0. The van der Waals surface area contributed by atoms with E-state index in [9.17, 15) is 19.0 Å². The van der Waals surface area contributed by atoms with Crippen molar-refractivity contribution < 1.29 is 37.3 Å². The van der Waals surface area contributed by atoms with Crippen molar-refractivity contribution in [3.05, 3.63) is 48.6 Å². The molecule has 3 atom stereocenters. The van der Waals surface area contributed by atoms with E-state index in [2.05, 4.69) is 56.5 Å². The van der Waals surface area contributed by atoms with Gasteiger partial charge in [0.2, 0.25) is 5.91 Å². The molecule has 0 aromatic heterocycles. The van der Waals surface area contributed by atoms with E-state index in [1.54, 1.807) is 0 Å². The fraction of sp³-hybridized carbons (Fsp3) is 0.844. The molecule has 0 spiro atoms. The molecule has 3 unspecified atom stereocenters. The largest absolute Gasteiger partial charge is 0.472 e. The number of nitrogens with zero attached hydrogens (tertiary/aromatic N) is 1. The van der Waals surface area contributed by atoms with Crippen molar-refractivity contribution in [2.24, 2.45) is 0 Å². The van der Waals surface area contributed by atoms with Gasteiger partial charge >= 0.3 is 13.8 Å². The summed E-state index contributed by atoms with van der Waals surface area (Å²) in [5.41, 5.74) is 0. The average Bonchev–Trinajstić information content (AvgIpc) is 3.36. The summed E-state index contributed by atoms with van der Waals surface area (Å²) in [6, 6.07) is -0.876. The summed E-state index contributed by atoms with van der Waals surface area (Å²) in [6.07, 6.45) is 67.1. The number of unbranched alkanes of at least 4 members (excludes halogenated alkanes) is 35. The van der Waals surface area contributed by atoms with Crippen LogP contribution in [0.2, 0.25) is 0 Å². The van der Waals surface area contributed by atoms with Crippen LogP contribution in [0.15, 0.2) is 48.6 Å². The molecule has 10 heteroatoms. The summed E-state index contributed by atoms with van der Waals surface area (Å²) >= 11 is 0. The number of nitrogens with one attached hydrogen (secondary N) is 1. The van der Waals surface area contributed by atoms with Gasteiger partial charge in [0, 0.05) is 12.8 Å². The SMILES string of the molecule is CCCCCCCC/C=C\C/C=C/CCC(=O)NC(COP(=O)(O)OCC[N+](C)(C)C)C(/C=C\CCCCCCCCCCCC)OC(=O)CCCCCCCCCCCCCCC/C=C/CCCCCCCC. The van der Waals surface area contributed by atoms with Gasteiger partial charge in [-0.3, -0.25) is 18.6 Å². The van der Waals surface area contributed by atoms with Crippen LogP contribution in [-0.4, -0.2) is 74.3 Å². The molecule has 0 heterocycles. The van der Waals surface area contributed by atoms with Crippen LogP contribution in [0.3, 0.4) is 0 Å². The Morgan fingerprint density at radius 3 is 1.26 bits per heavy atom. The Kier molecular flexibility index (Phi) is 52.8. The number of phosphoric ester groups is 1. The van der Waals surface area contributed by atoms with Crippen molar-refractivity contribution in [3.63, 3.8) is 0 Å². The third-order valence-electron chi connectivity index (χ3n) is 14.0. The number of likely N-dealkylation sites (N-methyl/N-ethyl adjacent to an activating group) is 1. The van der Waals surface area contributed by atoms with Crippen LogP contribution in [-0.2, 0) is 27.9 Å². The topological polar surface area (TPSA) is 111 Å². The van der Waals surface area contributed by atoms with Gasteiger partial charge in [-0.15, -0.1) is 0 Å². The third kappa shape index (κ3) is 54.7. The maximum Gasteiger partial charge on any atom is 0.472 e. The number of rotatable bonds is 57. The number of allylic oxidation sites excluding steroid dienone is 7. The highest BCUT2D eigenvalue weighted by Gasteiger charge is 2.30. The fourth-order valence-corrected chi connectivity index (χ4v) is 9.84. The van der Waals surface area contributed by atoms with Gasteiger partial charge in [-0.05, 0) is 76.7 Å². The number of carbonyl (C=O) groups is 2. The van der Waals surface area contributed by atoms with Gasteiger partial charge in [-0.25, -0.2) is 4.57 Å². The number of amides is 1. The van der Waals surface area contributed by atoms with Crippen molar-refractivity contribution in [1.29, 1.82) is 0 Å². The molecule has 0 saturated heterocycles. The number of hydrogen-bond acceptors (Lipinski definition) is 6. The van der Waals surface area contributed by atoms with Crippen molar-refractivity contribution in [3.8, 4) is 0 Å². The van der Waals surface area contributed by atoms with Crippen LogP contribution in [0.1, 0.15) is 297 Å². The standard InChI is InChI=1S/C64H121N2O7P/c1-7-10-13-16-19-22-25-28-29-30-31-32-33-34-35-36-37-39-42-45-48-51-54-57-64(68)73-62(55-52-49-46-43-40-27-24-21-18-15-12-9-3)61(60-72-74(69,70)71-59-58-66(4,5)6)65-63(67)56-53-50-47-44-41-38-26-23-20-17-14-11-8-2/h28-29,38,41,47,50,52,55,61-62H,7-27,30-37,39-40,42-46,48-49,51,53-54,56-60H2,1-6H3,(H-,65,67,69,70)/p+1/b29-28+,41-38-,50-47+,55-52-. The first-order valence-electron chi connectivity index (χ1n) is 31.5. The highest BCUT2D eigenvalue weighted by Crippen LogP contribution is 2.43. The Morgan fingerprint density at radius 2 is 0.838 bits per heavy atom. The van der Waals surface area contributed by atoms with E-state index >= 15 is 0 Å². The molecule has 0 rings (SSSR count). The molecule has 2 N–H and O–H groups in total. The van der Waals surface area contributed by atoms with Gasteiger partial charge in [0.15, 0.2) is 0 Å². The quantitative estimate of drug-likeness (QED) is 0.0205. The second kappa shape index (κ2) is 54.3. The van der Waals surface area contributed by atoms with E-state index in [4.69, 9.17) is 13.8 Å². The zero-order valence-electron chi connectivity index (χ0n) is 49.6. The first-order valence-corrected chi connectivity index (χ1v) is 33.0. The Bertz CT molecular complexity index is 1410. The summed E-state index contributed by atoms with van der Waals surface area (Å²) in [7, 11) is 1.47. The minimum atomic E-state index is -4.46. The van der Waals surface area contributed by atoms with E-state index in [0.717, 1.165) is 51.4 Å². The Balaban J connectivity index is 5.18.